The minimum absolute atomic E-state index is 0.133. The highest BCUT2D eigenvalue weighted by Crippen LogP contribution is 2.17. The number of carbonyl (C=O) groups excluding carboxylic acids is 2. The number of anilines is 1. The van der Waals surface area contributed by atoms with E-state index in [1.54, 1.807) is 18.2 Å². The van der Waals surface area contributed by atoms with Gasteiger partial charge in [0.15, 0.2) is 0 Å². The third-order valence-corrected chi connectivity index (χ3v) is 2.66. The lowest BCUT2D eigenvalue weighted by molar-refractivity contribution is -0.139. The number of amides is 2. The van der Waals surface area contributed by atoms with Gasteiger partial charge in [0.2, 0.25) is 0 Å². The fourth-order valence-electron chi connectivity index (χ4n) is 1.82. The second-order valence-electron chi connectivity index (χ2n) is 5.24. The number of aliphatic carboxylic acids is 1. The van der Waals surface area contributed by atoms with E-state index in [1.807, 2.05) is 13.8 Å². The zero-order chi connectivity index (χ0) is 16.7. The van der Waals surface area contributed by atoms with Crippen LogP contribution in [0.2, 0.25) is 0 Å². The molecular formula is C15H20N2O5. The summed E-state index contributed by atoms with van der Waals surface area (Å²) >= 11 is 0. The van der Waals surface area contributed by atoms with E-state index in [1.165, 1.54) is 13.0 Å². The molecule has 1 atom stereocenters. The van der Waals surface area contributed by atoms with E-state index in [-0.39, 0.29) is 5.92 Å². The van der Waals surface area contributed by atoms with Crippen molar-refractivity contribution in [3.05, 3.63) is 24.3 Å². The van der Waals surface area contributed by atoms with E-state index in [4.69, 9.17) is 9.84 Å². The van der Waals surface area contributed by atoms with Gasteiger partial charge in [-0.25, -0.2) is 9.59 Å². The molecule has 7 nitrogen and oxygen atoms in total. The van der Waals surface area contributed by atoms with Crippen molar-refractivity contribution in [1.29, 1.82) is 0 Å². The average Bonchev–Trinajstić information content (AvgIpc) is 2.36. The highest BCUT2D eigenvalue weighted by Gasteiger charge is 2.21. The molecule has 1 aromatic carbocycles. The Balaban J connectivity index is 2.67. The molecule has 0 radical (unpaired) electrons. The van der Waals surface area contributed by atoms with E-state index in [0.717, 1.165) is 0 Å². The van der Waals surface area contributed by atoms with Crippen molar-refractivity contribution in [2.45, 2.75) is 33.2 Å². The summed E-state index contributed by atoms with van der Waals surface area (Å²) in [5.41, 5.74) is 0.393. The number of hydrogen-bond acceptors (Lipinski definition) is 4. The number of carboxylic acid groups (broad SMARTS) is 1. The Hall–Kier alpha value is -2.57. The quantitative estimate of drug-likeness (QED) is 0.552. The van der Waals surface area contributed by atoms with Gasteiger partial charge < -0.3 is 20.5 Å². The Bertz CT molecular complexity index is 557. The number of benzene rings is 1. The number of urea groups is 1. The Morgan fingerprint density at radius 1 is 1.27 bits per heavy atom. The second kappa shape index (κ2) is 8.02. The molecule has 22 heavy (non-hydrogen) atoms. The molecule has 0 aliphatic carbocycles. The molecule has 0 aliphatic rings. The van der Waals surface area contributed by atoms with E-state index in [0.29, 0.717) is 17.9 Å². The van der Waals surface area contributed by atoms with E-state index in [9.17, 15) is 14.4 Å². The lowest BCUT2D eigenvalue weighted by atomic mass is 10.0. The molecule has 0 aromatic heterocycles. The standard InChI is InChI=1S/C15H20N2O5/c1-9(2)7-13(14(19)20)17-15(21)16-11-5-4-6-12(8-11)22-10(3)18/h4-6,8-9,13H,7H2,1-3H3,(H,19,20)(H2,16,17,21). The van der Waals surface area contributed by atoms with Crippen molar-refractivity contribution < 1.29 is 24.2 Å². The summed E-state index contributed by atoms with van der Waals surface area (Å²) in [6.45, 7) is 5.02. The number of hydrogen-bond donors (Lipinski definition) is 3. The Morgan fingerprint density at radius 3 is 2.50 bits per heavy atom. The summed E-state index contributed by atoms with van der Waals surface area (Å²) in [5, 5.41) is 14.0. The number of ether oxygens (including phenoxy) is 1. The first-order chi connectivity index (χ1) is 10.3. The predicted octanol–water partition coefficient (Wildman–Crippen LogP) is 2.23. The maximum atomic E-state index is 11.8. The normalized spacial score (nSPS) is 11.6. The van der Waals surface area contributed by atoms with Gasteiger partial charge in [-0.05, 0) is 24.5 Å². The zero-order valence-electron chi connectivity index (χ0n) is 12.8. The fourth-order valence-corrected chi connectivity index (χ4v) is 1.82. The fraction of sp³-hybridized carbons (Fsp3) is 0.400. The summed E-state index contributed by atoms with van der Waals surface area (Å²) in [6.07, 6.45) is 0.330. The van der Waals surface area contributed by atoms with Crippen LogP contribution in [0, 0.1) is 5.92 Å². The van der Waals surface area contributed by atoms with Gasteiger partial charge in [-0.3, -0.25) is 4.79 Å². The third kappa shape index (κ3) is 6.25. The van der Waals surface area contributed by atoms with Crippen LogP contribution in [0.15, 0.2) is 24.3 Å². The first-order valence-corrected chi connectivity index (χ1v) is 6.86. The second-order valence-corrected chi connectivity index (χ2v) is 5.24. The Kier molecular flexibility index (Phi) is 6.37. The van der Waals surface area contributed by atoms with Crippen LogP contribution in [0.1, 0.15) is 27.2 Å². The van der Waals surface area contributed by atoms with E-state index < -0.39 is 24.0 Å². The summed E-state index contributed by atoms with van der Waals surface area (Å²) in [6, 6.07) is 4.66. The zero-order valence-corrected chi connectivity index (χ0v) is 12.8. The van der Waals surface area contributed by atoms with E-state index >= 15 is 0 Å². The number of nitrogens with one attached hydrogen (secondary N) is 2. The van der Waals surface area contributed by atoms with Gasteiger partial charge in [0, 0.05) is 18.7 Å². The molecule has 0 aliphatic heterocycles. The molecule has 1 unspecified atom stereocenters. The molecule has 1 aromatic rings. The van der Waals surface area contributed by atoms with Crippen molar-refractivity contribution in [3.8, 4) is 5.75 Å². The SMILES string of the molecule is CC(=O)Oc1cccc(NC(=O)NC(CC(C)C)C(=O)O)c1. The van der Waals surface area contributed by atoms with Crippen LogP contribution in [-0.4, -0.2) is 29.1 Å². The Labute approximate surface area is 128 Å². The molecule has 3 N–H and O–H groups in total. The van der Waals surface area contributed by atoms with Gasteiger partial charge in [-0.2, -0.15) is 0 Å². The van der Waals surface area contributed by atoms with Crippen LogP contribution in [-0.2, 0) is 9.59 Å². The van der Waals surface area contributed by atoms with Crippen LogP contribution in [0.4, 0.5) is 10.5 Å². The maximum Gasteiger partial charge on any atom is 0.326 e. The molecule has 1 rings (SSSR count). The molecule has 0 spiro atoms. The van der Waals surface area contributed by atoms with Gasteiger partial charge in [0.25, 0.3) is 0 Å². The maximum absolute atomic E-state index is 11.8. The molecule has 0 bridgehead atoms. The number of carboxylic acids is 1. The molecule has 0 saturated heterocycles. The third-order valence-electron chi connectivity index (χ3n) is 2.66. The van der Waals surface area contributed by atoms with Crippen molar-refractivity contribution in [3.63, 3.8) is 0 Å². The van der Waals surface area contributed by atoms with Crippen LogP contribution >= 0.6 is 0 Å². The Morgan fingerprint density at radius 2 is 1.95 bits per heavy atom. The molecule has 2 amide bonds. The highest BCUT2D eigenvalue weighted by atomic mass is 16.5. The molecule has 0 fully saturated rings. The minimum Gasteiger partial charge on any atom is -0.480 e. The largest absolute Gasteiger partial charge is 0.480 e. The predicted molar refractivity (Wildman–Crippen MR) is 80.8 cm³/mol. The van der Waals surface area contributed by atoms with Crippen molar-refractivity contribution in [2.75, 3.05) is 5.32 Å². The van der Waals surface area contributed by atoms with Gasteiger partial charge in [-0.1, -0.05) is 19.9 Å². The van der Waals surface area contributed by atoms with Gasteiger partial charge >= 0.3 is 18.0 Å². The van der Waals surface area contributed by atoms with Crippen LogP contribution in [0.3, 0.4) is 0 Å². The van der Waals surface area contributed by atoms with Crippen molar-refractivity contribution in [1.82, 2.24) is 5.32 Å². The average molecular weight is 308 g/mol. The number of rotatable bonds is 6. The summed E-state index contributed by atoms with van der Waals surface area (Å²) in [5.74, 6) is -1.13. The smallest absolute Gasteiger partial charge is 0.326 e. The van der Waals surface area contributed by atoms with Crippen LogP contribution in [0.5, 0.6) is 5.75 Å². The van der Waals surface area contributed by atoms with Crippen LogP contribution in [0.25, 0.3) is 0 Å². The molecule has 120 valence electrons. The lowest BCUT2D eigenvalue weighted by Gasteiger charge is -2.17. The van der Waals surface area contributed by atoms with Gasteiger partial charge in [0.05, 0.1) is 0 Å². The topological polar surface area (TPSA) is 105 Å². The van der Waals surface area contributed by atoms with Gasteiger partial charge in [-0.15, -0.1) is 0 Å². The monoisotopic (exact) mass is 308 g/mol. The molecule has 0 saturated carbocycles. The van der Waals surface area contributed by atoms with Crippen molar-refractivity contribution >= 4 is 23.7 Å². The molecule has 0 heterocycles. The van der Waals surface area contributed by atoms with Gasteiger partial charge in [0.1, 0.15) is 11.8 Å². The minimum atomic E-state index is -1.09. The number of carbonyl (C=O) groups is 3. The first kappa shape index (κ1) is 17.5. The first-order valence-electron chi connectivity index (χ1n) is 6.86. The lowest BCUT2D eigenvalue weighted by Crippen LogP contribution is -2.43. The van der Waals surface area contributed by atoms with E-state index in [2.05, 4.69) is 10.6 Å². The van der Waals surface area contributed by atoms with Crippen molar-refractivity contribution in [2.24, 2.45) is 5.92 Å². The van der Waals surface area contributed by atoms with Crippen LogP contribution < -0.4 is 15.4 Å². The molecule has 7 heteroatoms. The summed E-state index contributed by atoms with van der Waals surface area (Å²) in [4.78, 5) is 33.8. The molecular weight excluding hydrogens is 288 g/mol. The number of esters is 1. The highest BCUT2D eigenvalue weighted by molar-refractivity contribution is 5.92. The summed E-state index contributed by atoms with van der Waals surface area (Å²) < 4.78 is 4.90. The summed E-state index contributed by atoms with van der Waals surface area (Å²) in [7, 11) is 0.